The van der Waals surface area contributed by atoms with Gasteiger partial charge < -0.3 is 21.5 Å². The summed E-state index contributed by atoms with van der Waals surface area (Å²) in [7, 11) is 1.48. The summed E-state index contributed by atoms with van der Waals surface area (Å²) in [5, 5.41) is 4.44. The molecule has 1 aromatic heterocycles. The van der Waals surface area contributed by atoms with E-state index in [1.165, 1.54) is 7.11 Å². The molecular formula is C17H15ClN4O2. The number of rotatable bonds is 4. The number of nitrogens with zero attached hydrogens (tertiary/aromatic N) is 1. The second-order valence-corrected chi connectivity index (χ2v) is 5.56. The number of anilines is 3. The minimum Gasteiger partial charge on any atom is -0.496 e. The molecule has 0 unspecified atom stereocenters. The summed E-state index contributed by atoms with van der Waals surface area (Å²) < 4.78 is 5.21. The minimum absolute atomic E-state index is 0.288. The molecule has 1 amide bonds. The number of methoxy groups -OCH3 is 1. The monoisotopic (exact) mass is 342 g/mol. The molecule has 0 atom stereocenters. The van der Waals surface area contributed by atoms with E-state index in [2.05, 4.69) is 10.3 Å². The molecule has 0 aliphatic heterocycles. The van der Waals surface area contributed by atoms with Crippen molar-refractivity contribution in [3.8, 4) is 5.75 Å². The average molecular weight is 343 g/mol. The number of primary amides is 1. The summed E-state index contributed by atoms with van der Waals surface area (Å²) in [6, 6.07) is 10.4. The number of nitrogens with one attached hydrogen (secondary N) is 1. The minimum atomic E-state index is -0.570. The van der Waals surface area contributed by atoms with Crippen LogP contribution in [-0.4, -0.2) is 18.0 Å². The number of aromatic nitrogens is 1. The van der Waals surface area contributed by atoms with Gasteiger partial charge in [-0.05, 0) is 30.3 Å². The van der Waals surface area contributed by atoms with E-state index in [4.69, 9.17) is 27.8 Å². The van der Waals surface area contributed by atoms with Gasteiger partial charge in [0.05, 0.1) is 28.9 Å². The van der Waals surface area contributed by atoms with Gasteiger partial charge in [0.25, 0.3) is 5.91 Å². The molecule has 6 nitrogen and oxygen atoms in total. The van der Waals surface area contributed by atoms with Crippen molar-refractivity contribution in [2.45, 2.75) is 0 Å². The number of amides is 1. The van der Waals surface area contributed by atoms with Gasteiger partial charge in [-0.1, -0.05) is 11.6 Å². The van der Waals surface area contributed by atoms with E-state index in [0.717, 1.165) is 16.8 Å². The van der Waals surface area contributed by atoms with Crippen LogP contribution >= 0.6 is 11.6 Å². The van der Waals surface area contributed by atoms with Crippen LogP contribution in [0.3, 0.4) is 0 Å². The number of hydrogen-bond acceptors (Lipinski definition) is 5. The molecule has 0 bridgehead atoms. The lowest BCUT2D eigenvalue weighted by Crippen LogP contribution is -2.12. The third-order valence-corrected chi connectivity index (χ3v) is 3.94. The van der Waals surface area contributed by atoms with Crippen molar-refractivity contribution < 1.29 is 9.53 Å². The van der Waals surface area contributed by atoms with Gasteiger partial charge in [0.2, 0.25) is 0 Å². The number of carbonyl (C=O) groups is 1. The van der Waals surface area contributed by atoms with Gasteiger partial charge in [-0.25, -0.2) is 0 Å². The average Bonchev–Trinajstić information content (AvgIpc) is 2.57. The maximum Gasteiger partial charge on any atom is 0.252 e. The fourth-order valence-electron chi connectivity index (χ4n) is 2.40. The van der Waals surface area contributed by atoms with E-state index >= 15 is 0 Å². The highest BCUT2D eigenvalue weighted by Gasteiger charge is 2.13. The van der Waals surface area contributed by atoms with Crippen LogP contribution in [0.15, 0.2) is 42.6 Å². The Kier molecular flexibility index (Phi) is 4.14. The van der Waals surface area contributed by atoms with Crippen molar-refractivity contribution >= 4 is 45.5 Å². The zero-order valence-corrected chi connectivity index (χ0v) is 13.6. The number of nitrogens with two attached hydrogens (primary N) is 2. The molecule has 0 saturated heterocycles. The Labute approximate surface area is 143 Å². The van der Waals surface area contributed by atoms with Crippen LogP contribution in [0.2, 0.25) is 5.02 Å². The zero-order valence-electron chi connectivity index (χ0n) is 12.8. The van der Waals surface area contributed by atoms with Gasteiger partial charge in [0.1, 0.15) is 5.75 Å². The maximum atomic E-state index is 11.6. The summed E-state index contributed by atoms with van der Waals surface area (Å²) >= 11 is 6.05. The van der Waals surface area contributed by atoms with Crippen LogP contribution in [0.1, 0.15) is 10.4 Å². The number of benzene rings is 2. The zero-order chi connectivity index (χ0) is 17.3. The first kappa shape index (κ1) is 15.9. The molecule has 3 rings (SSSR count). The predicted molar refractivity (Wildman–Crippen MR) is 96.0 cm³/mol. The van der Waals surface area contributed by atoms with Gasteiger partial charge in [-0.3, -0.25) is 9.78 Å². The quantitative estimate of drug-likeness (QED) is 0.631. The Morgan fingerprint density at radius 1 is 1.25 bits per heavy atom. The van der Waals surface area contributed by atoms with Gasteiger partial charge in [-0.15, -0.1) is 0 Å². The molecule has 2 aromatic carbocycles. The van der Waals surface area contributed by atoms with E-state index in [9.17, 15) is 4.79 Å². The SMILES string of the molecule is COc1cc2nccc(Nc3ccc(N)c(Cl)c3)c2cc1C(N)=O. The highest BCUT2D eigenvalue weighted by Crippen LogP contribution is 2.32. The van der Waals surface area contributed by atoms with Gasteiger partial charge in [-0.2, -0.15) is 0 Å². The molecule has 0 aliphatic carbocycles. The number of ether oxygens (including phenoxy) is 1. The molecule has 0 radical (unpaired) electrons. The summed E-state index contributed by atoms with van der Waals surface area (Å²) in [6.07, 6.45) is 1.66. The van der Waals surface area contributed by atoms with E-state index in [-0.39, 0.29) is 5.56 Å². The Morgan fingerprint density at radius 3 is 2.71 bits per heavy atom. The van der Waals surface area contributed by atoms with E-state index in [0.29, 0.717) is 22.0 Å². The first-order valence-electron chi connectivity index (χ1n) is 7.08. The van der Waals surface area contributed by atoms with Crippen LogP contribution in [0.25, 0.3) is 10.9 Å². The third-order valence-electron chi connectivity index (χ3n) is 3.61. The second-order valence-electron chi connectivity index (χ2n) is 5.15. The first-order valence-corrected chi connectivity index (χ1v) is 7.46. The van der Waals surface area contributed by atoms with Crippen LogP contribution in [0, 0.1) is 0 Å². The Bertz CT molecular complexity index is 943. The fraction of sp³-hybridized carbons (Fsp3) is 0.0588. The lowest BCUT2D eigenvalue weighted by atomic mass is 10.1. The van der Waals surface area contributed by atoms with Crippen LogP contribution in [0.5, 0.6) is 5.75 Å². The third kappa shape index (κ3) is 2.91. The summed E-state index contributed by atoms with van der Waals surface area (Å²) in [5.41, 5.74) is 14.1. The number of hydrogen-bond donors (Lipinski definition) is 3. The predicted octanol–water partition coefficient (Wildman–Crippen LogP) is 3.32. The number of nitrogen functional groups attached to an aromatic ring is 1. The van der Waals surface area contributed by atoms with Gasteiger partial charge >= 0.3 is 0 Å². The fourth-order valence-corrected chi connectivity index (χ4v) is 2.58. The topological polar surface area (TPSA) is 103 Å². The van der Waals surface area contributed by atoms with Crippen molar-refractivity contribution in [2.24, 2.45) is 5.73 Å². The van der Waals surface area contributed by atoms with Crippen molar-refractivity contribution in [3.63, 3.8) is 0 Å². The van der Waals surface area contributed by atoms with E-state index in [1.807, 2.05) is 6.07 Å². The Balaban J connectivity index is 2.12. The molecule has 0 spiro atoms. The van der Waals surface area contributed by atoms with Crippen LogP contribution in [0.4, 0.5) is 17.1 Å². The van der Waals surface area contributed by atoms with Crippen molar-refractivity contribution in [2.75, 3.05) is 18.2 Å². The standard InChI is InChI=1S/C17H15ClN4O2/c1-24-16-8-15-10(7-11(16)17(20)23)14(4-5-21-15)22-9-2-3-13(19)12(18)6-9/h2-8H,19H2,1H3,(H2,20,23)(H,21,22). The lowest BCUT2D eigenvalue weighted by molar-refractivity contribution is 0.0997. The molecule has 0 aliphatic rings. The molecular weight excluding hydrogens is 328 g/mol. The normalized spacial score (nSPS) is 10.6. The molecule has 24 heavy (non-hydrogen) atoms. The largest absolute Gasteiger partial charge is 0.496 e. The molecule has 0 saturated carbocycles. The molecule has 5 N–H and O–H groups in total. The van der Waals surface area contributed by atoms with Gasteiger partial charge in [0, 0.05) is 29.0 Å². The smallest absolute Gasteiger partial charge is 0.252 e. The summed E-state index contributed by atoms with van der Waals surface area (Å²) in [5.74, 6) is -0.186. The number of fused-ring (bicyclic) bond motifs is 1. The number of pyridine rings is 1. The highest BCUT2D eigenvalue weighted by molar-refractivity contribution is 6.33. The Morgan fingerprint density at radius 2 is 2.04 bits per heavy atom. The number of halogens is 1. The molecule has 3 aromatic rings. The number of carbonyl (C=O) groups excluding carboxylic acids is 1. The van der Waals surface area contributed by atoms with Crippen LogP contribution < -0.4 is 21.5 Å². The second kappa shape index (κ2) is 6.25. The summed E-state index contributed by atoms with van der Waals surface area (Å²) in [4.78, 5) is 16.0. The summed E-state index contributed by atoms with van der Waals surface area (Å²) in [6.45, 7) is 0. The maximum absolute atomic E-state index is 11.6. The van der Waals surface area contributed by atoms with Gasteiger partial charge in [0.15, 0.2) is 0 Å². The molecule has 0 fully saturated rings. The van der Waals surface area contributed by atoms with E-state index < -0.39 is 5.91 Å². The molecule has 1 heterocycles. The lowest BCUT2D eigenvalue weighted by Gasteiger charge is -2.13. The first-order chi connectivity index (χ1) is 11.5. The van der Waals surface area contributed by atoms with Crippen molar-refractivity contribution in [3.05, 3.63) is 53.2 Å². The Hall–Kier alpha value is -2.99. The van der Waals surface area contributed by atoms with E-state index in [1.54, 1.807) is 36.5 Å². The molecule has 7 heteroatoms. The molecule has 122 valence electrons. The van der Waals surface area contributed by atoms with Crippen molar-refractivity contribution in [1.82, 2.24) is 4.98 Å². The highest BCUT2D eigenvalue weighted by atomic mass is 35.5. The van der Waals surface area contributed by atoms with Crippen LogP contribution in [-0.2, 0) is 0 Å². The van der Waals surface area contributed by atoms with Crippen molar-refractivity contribution in [1.29, 1.82) is 0 Å².